The summed E-state index contributed by atoms with van der Waals surface area (Å²) in [5.74, 6) is -0.600. The first kappa shape index (κ1) is 17.1. The summed E-state index contributed by atoms with van der Waals surface area (Å²) in [6.07, 6.45) is 0.650. The molecule has 0 saturated carbocycles. The molecule has 1 aliphatic rings. The number of nitro benzene ring substituents is 1. The summed E-state index contributed by atoms with van der Waals surface area (Å²) in [5, 5.41) is 10.6. The molecule has 0 bridgehead atoms. The molecule has 1 aromatic rings. The normalized spacial score (nSPS) is 24.0. The number of Topliss-reactive ketones (excluding diaryl/α,β-unsaturated/α-hetero) is 1. The van der Waals surface area contributed by atoms with Crippen LogP contribution in [0.3, 0.4) is 0 Å². The lowest BCUT2D eigenvalue weighted by Gasteiger charge is -2.34. The van der Waals surface area contributed by atoms with E-state index in [1.54, 1.807) is 0 Å². The van der Waals surface area contributed by atoms with Crippen molar-refractivity contribution in [2.75, 3.05) is 0 Å². The molecule has 7 heteroatoms. The van der Waals surface area contributed by atoms with E-state index in [4.69, 9.17) is 9.47 Å². The van der Waals surface area contributed by atoms with Crippen LogP contribution >= 0.6 is 0 Å². The second kappa shape index (κ2) is 7.32. The first-order valence-corrected chi connectivity index (χ1v) is 7.47. The Morgan fingerprint density at radius 1 is 1.30 bits per heavy atom. The number of hydrogen-bond acceptors (Lipinski definition) is 6. The minimum Gasteiger partial charge on any atom is -0.456 e. The van der Waals surface area contributed by atoms with Gasteiger partial charge in [0, 0.05) is 18.6 Å². The Morgan fingerprint density at radius 2 is 1.96 bits per heavy atom. The van der Waals surface area contributed by atoms with Crippen LogP contribution in [0, 0.1) is 10.1 Å². The van der Waals surface area contributed by atoms with Crippen molar-refractivity contribution in [1.29, 1.82) is 0 Å². The Bertz CT molecular complexity index is 597. The number of benzene rings is 1. The monoisotopic (exact) mass is 321 g/mol. The minimum absolute atomic E-state index is 0.0219. The first-order chi connectivity index (χ1) is 10.9. The predicted octanol–water partition coefficient (Wildman–Crippen LogP) is 2.67. The highest BCUT2D eigenvalue weighted by molar-refractivity contribution is 5.89. The van der Waals surface area contributed by atoms with E-state index >= 15 is 0 Å². The van der Waals surface area contributed by atoms with E-state index in [-0.39, 0.29) is 29.6 Å². The number of nitrogens with zero attached hydrogens (tertiary/aromatic N) is 1. The van der Waals surface area contributed by atoms with Gasteiger partial charge in [-0.2, -0.15) is 0 Å². The molecule has 2 rings (SSSR count). The number of non-ortho nitro benzene ring substituents is 1. The Balaban J connectivity index is 2.04. The summed E-state index contributed by atoms with van der Waals surface area (Å²) >= 11 is 0. The molecule has 0 amide bonds. The quantitative estimate of drug-likeness (QED) is 0.470. The van der Waals surface area contributed by atoms with E-state index in [1.165, 1.54) is 31.2 Å². The number of hydrogen-bond donors (Lipinski definition) is 0. The maximum Gasteiger partial charge on any atom is 0.338 e. The highest BCUT2D eigenvalue weighted by atomic mass is 16.6. The smallest absolute Gasteiger partial charge is 0.338 e. The van der Waals surface area contributed by atoms with E-state index < -0.39 is 23.1 Å². The summed E-state index contributed by atoms with van der Waals surface area (Å²) in [6.45, 7) is 3.39. The summed E-state index contributed by atoms with van der Waals surface area (Å²) < 4.78 is 11.2. The highest BCUT2D eigenvalue weighted by Gasteiger charge is 2.33. The molecule has 0 N–H and O–H groups in total. The Morgan fingerprint density at radius 3 is 2.52 bits per heavy atom. The first-order valence-electron chi connectivity index (χ1n) is 7.47. The molecule has 1 heterocycles. The topological polar surface area (TPSA) is 95.7 Å². The van der Waals surface area contributed by atoms with Crippen LogP contribution in [-0.4, -0.2) is 35.0 Å². The second-order valence-electron chi connectivity index (χ2n) is 5.72. The van der Waals surface area contributed by atoms with Gasteiger partial charge in [0.05, 0.1) is 16.6 Å². The minimum atomic E-state index is -0.573. The summed E-state index contributed by atoms with van der Waals surface area (Å²) in [6, 6.07) is 5.21. The maximum atomic E-state index is 12.2. The van der Waals surface area contributed by atoms with Crippen LogP contribution in [0.1, 0.15) is 43.5 Å². The van der Waals surface area contributed by atoms with Crippen LogP contribution in [0.5, 0.6) is 0 Å². The van der Waals surface area contributed by atoms with Crippen molar-refractivity contribution in [3.8, 4) is 0 Å². The molecule has 1 saturated heterocycles. The fraction of sp³-hybridized carbons (Fsp3) is 0.500. The van der Waals surface area contributed by atoms with E-state index in [1.807, 2.05) is 6.92 Å². The average molecular weight is 321 g/mol. The Hall–Kier alpha value is -2.28. The molecule has 23 heavy (non-hydrogen) atoms. The second-order valence-corrected chi connectivity index (χ2v) is 5.72. The largest absolute Gasteiger partial charge is 0.456 e. The van der Waals surface area contributed by atoms with Gasteiger partial charge in [0.2, 0.25) is 0 Å². The van der Waals surface area contributed by atoms with Crippen LogP contribution in [0.25, 0.3) is 0 Å². The van der Waals surface area contributed by atoms with Crippen LogP contribution in [0.2, 0.25) is 0 Å². The molecule has 7 nitrogen and oxygen atoms in total. The van der Waals surface area contributed by atoms with Gasteiger partial charge < -0.3 is 9.47 Å². The molecule has 0 unspecified atom stereocenters. The van der Waals surface area contributed by atoms with Gasteiger partial charge in [-0.25, -0.2) is 4.79 Å². The third-order valence-electron chi connectivity index (χ3n) is 3.74. The lowest BCUT2D eigenvalue weighted by atomic mass is 9.98. The van der Waals surface area contributed by atoms with Crippen molar-refractivity contribution in [3.05, 3.63) is 39.9 Å². The zero-order chi connectivity index (χ0) is 17.0. The van der Waals surface area contributed by atoms with E-state index in [0.717, 1.165) is 6.42 Å². The molecular formula is C16H19NO6. The standard InChI is InChI=1S/C16H19NO6/c1-10(18)9-15-14(8-3-11(2)22-15)23-16(19)12-4-6-13(7-5-12)17(20)21/h4-7,11,14-15H,3,8-9H2,1-2H3/t11-,14+,15-/m1/s1. The van der Waals surface area contributed by atoms with Gasteiger partial charge in [-0.05, 0) is 38.8 Å². The highest BCUT2D eigenvalue weighted by Crippen LogP contribution is 2.25. The SMILES string of the molecule is CC(=O)C[C@H]1O[C@H](C)CC[C@@H]1OC(=O)c1ccc([N+](=O)[O-])cc1. The number of ketones is 1. The number of ether oxygens (including phenoxy) is 2. The molecule has 1 fully saturated rings. The van der Waals surface area contributed by atoms with Crippen molar-refractivity contribution in [2.45, 2.75) is 51.4 Å². The number of esters is 1. The Kier molecular flexibility index (Phi) is 5.44. The van der Waals surface area contributed by atoms with E-state index in [9.17, 15) is 19.7 Å². The molecule has 1 aliphatic heterocycles. The number of carbonyl (C=O) groups is 2. The van der Waals surface area contributed by atoms with Gasteiger partial charge >= 0.3 is 5.97 Å². The zero-order valence-corrected chi connectivity index (χ0v) is 13.1. The number of rotatable bonds is 5. The van der Waals surface area contributed by atoms with Crippen molar-refractivity contribution in [1.82, 2.24) is 0 Å². The molecule has 3 atom stereocenters. The fourth-order valence-corrected chi connectivity index (χ4v) is 2.56. The lowest BCUT2D eigenvalue weighted by molar-refractivity contribution is -0.384. The summed E-state index contributed by atoms with van der Waals surface area (Å²) in [5.41, 5.74) is 0.140. The van der Waals surface area contributed by atoms with E-state index in [2.05, 4.69) is 0 Å². The van der Waals surface area contributed by atoms with Gasteiger partial charge in [-0.15, -0.1) is 0 Å². The van der Waals surface area contributed by atoms with Crippen LogP contribution in [0.15, 0.2) is 24.3 Å². The van der Waals surface area contributed by atoms with Crippen LogP contribution < -0.4 is 0 Å². The molecule has 1 aromatic carbocycles. The van der Waals surface area contributed by atoms with Crippen molar-refractivity contribution in [2.24, 2.45) is 0 Å². The molecule has 0 aromatic heterocycles. The molecule has 0 spiro atoms. The van der Waals surface area contributed by atoms with E-state index in [0.29, 0.717) is 6.42 Å². The molecule has 0 aliphatic carbocycles. The van der Waals surface area contributed by atoms with Gasteiger partial charge in [0.25, 0.3) is 5.69 Å². The molecule has 124 valence electrons. The third kappa shape index (κ3) is 4.59. The molecular weight excluding hydrogens is 302 g/mol. The summed E-state index contributed by atoms with van der Waals surface area (Å²) in [7, 11) is 0. The molecule has 0 radical (unpaired) electrons. The van der Waals surface area contributed by atoms with Gasteiger partial charge in [0.1, 0.15) is 18.0 Å². The van der Waals surface area contributed by atoms with Gasteiger partial charge in [0.15, 0.2) is 0 Å². The Labute approximate surface area is 133 Å². The van der Waals surface area contributed by atoms with Crippen LogP contribution in [-0.2, 0) is 14.3 Å². The lowest BCUT2D eigenvalue weighted by Crippen LogP contribution is -2.41. The predicted molar refractivity (Wildman–Crippen MR) is 81.2 cm³/mol. The van der Waals surface area contributed by atoms with Gasteiger partial charge in [-0.1, -0.05) is 0 Å². The number of carbonyl (C=O) groups excluding carboxylic acids is 2. The van der Waals surface area contributed by atoms with Crippen molar-refractivity contribution < 1.29 is 24.0 Å². The third-order valence-corrected chi connectivity index (χ3v) is 3.74. The summed E-state index contributed by atoms with van der Waals surface area (Å²) in [4.78, 5) is 33.6. The van der Waals surface area contributed by atoms with Crippen LogP contribution in [0.4, 0.5) is 5.69 Å². The maximum absolute atomic E-state index is 12.2. The average Bonchev–Trinajstić information content (AvgIpc) is 2.49. The fourth-order valence-electron chi connectivity index (χ4n) is 2.56. The zero-order valence-electron chi connectivity index (χ0n) is 13.1. The van der Waals surface area contributed by atoms with Crippen molar-refractivity contribution >= 4 is 17.4 Å². The van der Waals surface area contributed by atoms with Crippen molar-refractivity contribution in [3.63, 3.8) is 0 Å². The van der Waals surface area contributed by atoms with Gasteiger partial charge in [-0.3, -0.25) is 14.9 Å². The number of nitro groups is 1.